The molecule has 0 radical (unpaired) electrons. The largest absolute Gasteiger partial charge is 0.302 e. The first-order valence-electron chi connectivity index (χ1n) is 4.16. The third-order valence-electron chi connectivity index (χ3n) is 2.29. The minimum absolute atomic E-state index is 0.176. The summed E-state index contributed by atoms with van der Waals surface area (Å²) in [4.78, 5) is 16.2. The highest BCUT2D eigenvalue weighted by Gasteiger charge is 2.40. The summed E-state index contributed by atoms with van der Waals surface area (Å²) < 4.78 is 0. The predicted molar refractivity (Wildman–Crippen MR) is 53.6 cm³/mol. The lowest BCUT2D eigenvalue weighted by Gasteiger charge is -2.30. The molecule has 0 aromatic carbocycles. The van der Waals surface area contributed by atoms with Crippen LogP contribution < -0.4 is 5.73 Å². The second-order valence-corrected chi connectivity index (χ2v) is 3.40. The first-order chi connectivity index (χ1) is 6.14. The average molecular weight is 177 g/mol. The van der Waals surface area contributed by atoms with E-state index in [1.165, 1.54) is 12.7 Å². The fourth-order valence-corrected chi connectivity index (χ4v) is 1.30. The quantitative estimate of drug-likeness (QED) is 0.611. The second kappa shape index (κ2) is 2.56. The number of nitrogens with two attached hydrogens (primary N) is 1. The Hall–Kier alpha value is -1.36. The van der Waals surface area contributed by atoms with Gasteiger partial charge in [0.15, 0.2) is 11.5 Å². The Labute approximate surface area is 76.2 Å². The highest BCUT2D eigenvalue weighted by Crippen LogP contribution is 2.22. The molecule has 1 unspecified atom stereocenters. The van der Waals surface area contributed by atoms with Crippen LogP contribution in [0.15, 0.2) is 20.0 Å². The van der Waals surface area contributed by atoms with Crippen molar-refractivity contribution in [2.75, 3.05) is 0 Å². The van der Waals surface area contributed by atoms with Gasteiger partial charge in [0.05, 0.1) is 0 Å². The summed E-state index contributed by atoms with van der Waals surface area (Å²) in [5, 5.41) is 0. The maximum Gasteiger partial charge on any atom is 0.180 e. The number of hydrogen-bond acceptors (Lipinski definition) is 5. The number of nitrogens with zero attached hydrogens (tertiary/aromatic N) is 4. The van der Waals surface area contributed by atoms with Crippen LogP contribution in [0.3, 0.4) is 0 Å². The first kappa shape index (κ1) is 8.25. The molecule has 0 bridgehead atoms. The molecule has 2 N–H and O–H groups in total. The zero-order valence-electron chi connectivity index (χ0n) is 7.60. The van der Waals surface area contributed by atoms with E-state index in [0.29, 0.717) is 11.5 Å². The van der Waals surface area contributed by atoms with Gasteiger partial charge < -0.3 is 5.73 Å². The number of hydrogen-bond donors (Lipinski definition) is 1. The Morgan fingerprint density at radius 1 is 1.31 bits per heavy atom. The Balaban J connectivity index is 2.46. The lowest BCUT2D eigenvalue weighted by molar-refractivity contribution is 0.434. The van der Waals surface area contributed by atoms with Crippen LogP contribution >= 0.6 is 0 Å². The first-order valence-corrected chi connectivity index (χ1v) is 4.16. The van der Waals surface area contributed by atoms with E-state index in [-0.39, 0.29) is 5.92 Å². The van der Waals surface area contributed by atoms with Crippen molar-refractivity contribution in [2.45, 2.75) is 19.5 Å². The summed E-state index contributed by atoms with van der Waals surface area (Å²) >= 11 is 0. The van der Waals surface area contributed by atoms with Gasteiger partial charge in [0.1, 0.15) is 18.4 Å². The summed E-state index contributed by atoms with van der Waals surface area (Å²) in [5.74, 6) is 0.765. The Morgan fingerprint density at radius 3 is 2.77 bits per heavy atom. The van der Waals surface area contributed by atoms with Crippen LogP contribution in [0.5, 0.6) is 0 Å². The van der Waals surface area contributed by atoms with Crippen molar-refractivity contribution in [3.05, 3.63) is 0 Å². The molecule has 0 saturated heterocycles. The van der Waals surface area contributed by atoms with Gasteiger partial charge in [-0.25, -0.2) is 20.0 Å². The maximum atomic E-state index is 6.10. The van der Waals surface area contributed by atoms with Crippen LogP contribution in [-0.2, 0) is 0 Å². The van der Waals surface area contributed by atoms with Gasteiger partial charge in [-0.3, -0.25) is 0 Å². The lowest BCUT2D eigenvalue weighted by Crippen LogP contribution is -2.54. The van der Waals surface area contributed by atoms with Crippen molar-refractivity contribution in [3.63, 3.8) is 0 Å². The maximum absolute atomic E-state index is 6.10. The van der Waals surface area contributed by atoms with E-state index in [9.17, 15) is 0 Å². The van der Waals surface area contributed by atoms with Gasteiger partial charge in [0.25, 0.3) is 0 Å². The van der Waals surface area contributed by atoms with Crippen LogP contribution in [0.2, 0.25) is 0 Å². The SMILES string of the molecule is CC(C)C1(N)N=CN=C2N=CN=C21. The summed E-state index contributed by atoms with van der Waals surface area (Å²) in [6, 6.07) is 0. The van der Waals surface area contributed by atoms with Gasteiger partial charge >= 0.3 is 0 Å². The highest BCUT2D eigenvalue weighted by atomic mass is 15.2. The van der Waals surface area contributed by atoms with Gasteiger partial charge in [-0.2, -0.15) is 0 Å². The number of aliphatic imine (C=N–C) groups is 4. The number of rotatable bonds is 1. The van der Waals surface area contributed by atoms with Crippen molar-refractivity contribution in [1.29, 1.82) is 0 Å². The van der Waals surface area contributed by atoms with E-state index < -0.39 is 5.66 Å². The van der Waals surface area contributed by atoms with Gasteiger partial charge in [0, 0.05) is 0 Å². The topological polar surface area (TPSA) is 75.5 Å². The van der Waals surface area contributed by atoms with Gasteiger partial charge in [0.2, 0.25) is 0 Å². The molecule has 2 aliphatic rings. The van der Waals surface area contributed by atoms with Crippen LogP contribution in [0, 0.1) is 5.92 Å². The molecular formula is C8H11N5. The molecule has 0 amide bonds. The molecular weight excluding hydrogens is 166 g/mol. The molecule has 0 spiro atoms. The van der Waals surface area contributed by atoms with Crippen LogP contribution in [-0.4, -0.2) is 29.9 Å². The monoisotopic (exact) mass is 177 g/mol. The van der Waals surface area contributed by atoms with E-state index in [2.05, 4.69) is 20.0 Å². The molecule has 0 aromatic rings. The normalized spacial score (nSPS) is 30.5. The van der Waals surface area contributed by atoms with Crippen LogP contribution in [0.1, 0.15) is 13.8 Å². The van der Waals surface area contributed by atoms with E-state index in [1.54, 1.807) is 0 Å². The Morgan fingerprint density at radius 2 is 2.08 bits per heavy atom. The van der Waals surface area contributed by atoms with Gasteiger partial charge in [-0.05, 0) is 5.92 Å². The van der Waals surface area contributed by atoms with Crippen molar-refractivity contribution >= 4 is 24.2 Å². The van der Waals surface area contributed by atoms with E-state index in [0.717, 1.165) is 0 Å². The molecule has 0 fully saturated rings. The molecule has 0 saturated carbocycles. The number of amidine groups is 1. The molecule has 2 heterocycles. The fraction of sp³-hybridized carbons (Fsp3) is 0.500. The molecule has 13 heavy (non-hydrogen) atoms. The van der Waals surface area contributed by atoms with Crippen molar-refractivity contribution < 1.29 is 0 Å². The standard InChI is InChI=1S/C8H11N5/c1-5(2)8(9)6-7(11-3-10-6)12-4-13-8/h3-5H,9H2,1-2H3. The highest BCUT2D eigenvalue weighted by molar-refractivity contribution is 6.50. The summed E-state index contributed by atoms with van der Waals surface area (Å²) in [7, 11) is 0. The summed E-state index contributed by atoms with van der Waals surface area (Å²) in [6.45, 7) is 4.00. The van der Waals surface area contributed by atoms with Gasteiger partial charge in [-0.15, -0.1) is 0 Å². The zero-order valence-corrected chi connectivity index (χ0v) is 7.60. The average Bonchev–Trinajstić information content (AvgIpc) is 2.53. The molecule has 68 valence electrons. The number of fused-ring (bicyclic) bond motifs is 1. The van der Waals surface area contributed by atoms with E-state index in [4.69, 9.17) is 5.73 Å². The smallest absolute Gasteiger partial charge is 0.180 e. The zero-order chi connectivity index (χ0) is 9.47. The Kier molecular flexibility index (Phi) is 1.63. The minimum atomic E-state index is -0.756. The van der Waals surface area contributed by atoms with Crippen LogP contribution in [0.25, 0.3) is 0 Å². The van der Waals surface area contributed by atoms with Crippen molar-refractivity contribution in [2.24, 2.45) is 31.6 Å². The van der Waals surface area contributed by atoms with Crippen molar-refractivity contribution in [1.82, 2.24) is 0 Å². The van der Waals surface area contributed by atoms with Crippen LogP contribution in [0.4, 0.5) is 0 Å². The molecule has 5 nitrogen and oxygen atoms in total. The van der Waals surface area contributed by atoms with Gasteiger partial charge in [-0.1, -0.05) is 13.8 Å². The summed E-state index contributed by atoms with van der Waals surface area (Å²) in [5.41, 5.74) is 6.01. The summed E-state index contributed by atoms with van der Waals surface area (Å²) in [6.07, 6.45) is 2.92. The Bertz CT molecular complexity index is 350. The van der Waals surface area contributed by atoms with Crippen molar-refractivity contribution in [3.8, 4) is 0 Å². The molecule has 1 atom stereocenters. The third kappa shape index (κ3) is 1.04. The van der Waals surface area contributed by atoms with E-state index in [1.807, 2.05) is 13.8 Å². The van der Waals surface area contributed by atoms with E-state index >= 15 is 0 Å². The molecule has 2 aliphatic heterocycles. The minimum Gasteiger partial charge on any atom is -0.302 e. The molecule has 0 aliphatic carbocycles. The lowest BCUT2D eigenvalue weighted by atomic mass is 9.91. The fourth-order valence-electron chi connectivity index (χ4n) is 1.30. The molecule has 2 rings (SSSR count). The third-order valence-corrected chi connectivity index (χ3v) is 2.29. The predicted octanol–water partition coefficient (Wildman–Crippen LogP) is 0.221. The molecule has 0 aromatic heterocycles. The molecule has 5 heteroatoms. The second-order valence-electron chi connectivity index (χ2n) is 3.40.